The molecule has 2 N–H and O–H groups in total. The fourth-order valence-electron chi connectivity index (χ4n) is 2.37. The van der Waals surface area contributed by atoms with Crippen molar-refractivity contribution in [3.05, 3.63) is 63.4 Å². The topological polar surface area (TPSA) is 61.0 Å². The molecule has 5 nitrogen and oxygen atoms in total. The molecule has 1 aromatic heterocycles. The first kappa shape index (κ1) is 15.5. The van der Waals surface area contributed by atoms with Gasteiger partial charge in [0.15, 0.2) is 0 Å². The van der Waals surface area contributed by atoms with Crippen molar-refractivity contribution >= 4 is 34.1 Å². The van der Waals surface area contributed by atoms with Gasteiger partial charge in [0.1, 0.15) is 0 Å². The number of fused-ring (bicyclic) bond motifs is 1. The molecule has 2 aromatic carbocycles. The Bertz CT molecular complexity index is 887. The van der Waals surface area contributed by atoms with E-state index in [0.29, 0.717) is 21.9 Å². The molecule has 3 rings (SSSR count). The number of anilines is 2. The first-order valence-corrected chi connectivity index (χ1v) is 7.59. The highest BCUT2D eigenvalue weighted by Gasteiger charge is 2.05. The van der Waals surface area contributed by atoms with Gasteiger partial charge in [-0.15, -0.1) is 0 Å². The first-order chi connectivity index (χ1) is 11.0. The number of benzene rings is 2. The number of nitrogens with one attached hydrogen (secondary N) is 2. The fourth-order valence-corrected chi connectivity index (χ4v) is 2.54. The van der Waals surface area contributed by atoms with Gasteiger partial charge >= 0.3 is 0 Å². The Hall–Kier alpha value is -2.37. The molecule has 1 heterocycles. The summed E-state index contributed by atoms with van der Waals surface area (Å²) in [7, 11) is 4.06. The van der Waals surface area contributed by atoms with Crippen LogP contribution in [0, 0.1) is 0 Å². The smallest absolute Gasteiger partial charge is 0.260 e. The maximum atomic E-state index is 12.1. The summed E-state index contributed by atoms with van der Waals surface area (Å²) >= 11 is 5.91. The van der Waals surface area contributed by atoms with Crippen molar-refractivity contribution < 1.29 is 0 Å². The molecule has 23 heavy (non-hydrogen) atoms. The van der Waals surface area contributed by atoms with Crippen LogP contribution in [0.3, 0.4) is 0 Å². The highest BCUT2D eigenvalue weighted by Crippen LogP contribution is 2.18. The Balaban J connectivity index is 1.86. The van der Waals surface area contributed by atoms with Crippen LogP contribution < -0.4 is 10.9 Å². The van der Waals surface area contributed by atoms with Crippen LogP contribution in [0.15, 0.2) is 47.3 Å². The molecule has 0 atom stereocenters. The number of hydrogen-bond acceptors (Lipinski definition) is 4. The van der Waals surface area contributed by atoms with E-state index in [9.17, 15) is 4.79 Å². The Kier molecular flexibility index (Phi) is 4.32. The van der Waals surface area contributed by atoms with Crippen molar-refractivity contribution in [3.8, 4) is 0 Å². The van der Waals surface area contributed by atoms with Crippen LogP contribution in [0.5, 0.6) is 0 Å². The van der Waals surface area contributed by atoms with Crippen molar-refractivity contribution in [1.82, 2.24) is 14.9 Å². The first-order valence-electron chi connectivity index (χ1n) is 7.21. The molecule has 3 aromatic rings. The van der Waals surface area contributed by atoms with Crippen LogP contribution in [-0.2, 0) is 6.54 Å². The summed E-state index contributed by atoms with van der Waals surface area (Å²) in [5, 5.41) is 4.11. The van der Waals surface area contributed by atoms with E-state index in [4.69, 9.17) is 11.6 Å². The lowest BCUT2D eigenvalue weighted by Crippen LogP contribution is -2.11. The average molecular weight is 329 g/mol. The molecule has 118 valence electrons. The zero-order chi connectivity index (χ0) is 16.4. The number of aromatic nitrogens is 2. The quantitative estimate of drug-likeness (QED) is 0.770. The van der Waals surface area contributed by atoms with Gasteiger partial charge in [-0.1, -0.05) is 23.7 Å². The van der Waals surface area contributed by atoms with E-state index in [1.807, 2.05) is 38.4 Å². The SMILES string of the molecule is CN(C)Cc1ccc(Nc2nc3ccc(Cl)cc3c(=O)[nH]2)cc1. The van der Waals surface area contributed by atoms with Crippen LogP contribution in [0.25, 0.3) is 10.9 Å². The Morgan fingerprint density at radius 3 is 2.61 bits per heavy atom. The largest absolute Gasteiger partial charge is 0.326 e. The van der Waals surface area contributed by atoms with Crippen LogP contribution in [0.2, 0.25) is 5.02 Å². The Labute approximate surface area is 138 Å². The monoisotopic (exact) mass is 328 g/mol. The summed E-state index contributed by atoms with van der Waals surface area (Å²) in [6.45, 7) is 0.881. The summed E-state index contributed by atoms with van der Waals surface area (Å²) in [5.74, 6) is 0.408. The second kappa shape index (κ2) is 6.40. The third-order valence-corrected chi connectivity index (χ3v) is 3.62. The molecule has 0 radical (unpaired) electrons. The molecule has 0 saturated heterocycles. The zero-order valence-corrected chi connectivity index (χ0v) is 13.7. The standard InChI is InChI=1S/C17H17ClN4O/c1-22(2)10-11-3-6-13(7-4-11)19-17-20-15-8-5-12(18)9-14(15)16(23)21-17/h3-9H,10H2,1-2H3,(H2,19,20,21,23). The van der Waals surface area contributed by atoms with Gasteiger partial charge in [0.2, 0.25) is 5.95 Å². The van der Waals surface area contributed by atoms with Gasteiger partial charge in [0.05, 0.1) is 10.9 Å². The normalized spacial score (nSPS) is 11.1. The molecule has 0 saturated carbocycles. The molecule has 0 bridgehead atoms. The molecular formula is C17H17ClN4O. The van der Waals surface area contributed by atoms with Gasteiger partial charge in [-0.25, -0.2) is 4.98 Å². The third-order valence-electron chi connectivity index (χ3n) is 3.38. The lowest BCUT2D eigenvalue weighted by atomic mass is 10.2. The lowest BCUT2D eigenvalue weighted by molar-refractivity contribution is 0.402. The molecule has 0 aliphatic heterocycles. The molecule has 0 spiro atoms. The van der Waals surface area contributed by atoms with Crippen molar-refractivity contribution in [2.24, 2.45) is 0 Å². The molecule has 0 aliphatic carbocycles. The van der Waals surface area contributed by atoms with Crippen molar-refractivity contribution in [1.29, 1.82) is 0 Å². The summed E-state index contributed by atoms with van der Waals surface area (Å²) < 4.78 is 0. The predicted molar refractivity (Wildman–Crippen MR) is 94.5 cm³/mol. The Morgan fingerprint density at radius 2 is 1.91 bits per heavy atom. The maximum Gasteiger partial charge on any atom is 0.260 e. The fraction of sp³-hybridized carbons (Fsp3) is 0.176. The van der Waals surface area contributed by atoms with Crippen LogP contribution in [-0.4, -0.2) is 29.0 Å². The molecule has 0 amide bonds. The zero-order valence-electron chi connectivity index (χ0n) is 12.9. The van der Waals surface area contributed by atoms with E-state index < -0.39 is 0 Å². The number of nitrogens with zero attached hydrogens (tertiary/aromatic N) is 2. The Morgan fingerprint density at radius 1 is 1.17 bits per heavy atom. The second-order valence-corrected chi connectivity index (χ2v) is 6.07. The maximum absolute atomic E-state index is 12.1. The highest BCUT2D eigenvalue weighted by atomic mass is 35.5. The van der Waals surface area contributed by atoms with Gasteiger partial charge in [-0.3, -0.25) is 9.78 Å². The minimum atomic E-state index is -0.218. The van der Waals surface area contributed by atoms with E-state index in [1.165, 1.54) is 5.56 Å². The van der Waals surface area contributed by atoms with Crippen LogP contribution >= 0.6 is 11.6 Å². The number of rotatable bonds is 4. The van der Waals surface area contributed by atoms with Crippen LogP contribution in [0.4, 0.5) is 11.6 Å². The number of hydrogen-bond donors (Lipinski definition) is 2. The van der Waals surface area contributed by atoms with Gasteiger partial charge in [0.25, 0.3) is 5.56 Å². The summed E-state index contributed by atoms with van der Waals surface area (Å²) in [6.07, 6.45) is 0. The minimum Gasteiger partial charge on any atom is -0.326 e. The van der Waals surface area contributed by atoms with Crippen LogP contribution in [0.1, 0.15) is 5.56 Å². The van der Waals surface area contributed by atoms with Crippen molar-refractivity contribution in [2.45, 2.75) is 6.54 Å². The molecule has 0 aliphatic rings. The third kappa shape index (κ3) is 3.70. The second-order valence-electron chi connectivity index (χ2n) is 5.64. The number of aromatic amines is 1. The molecular weight excluding hydrogens is 312 g/mol. The summed E-state index contributed by atoms with van der Waals surface area (Å²) in [6, 6.07) is 13.1. The van der Waals surface area contributed by atoms with E-state index in [1.54, 1.807) is 18.2 Å². The van der Waals surface area contributed by atoms with Crippen molar-refractivity contribution in [2.75, 3.05) is 19.4 Å². The predicted octanol–water partition coefficient (Wildman–Crippen LogP) is 3.38. The molecule has 6 heteroatoms. The summed E-state index contributed by atoms with van der Waals surface area (Å²) in [4.78, 5) is 21.4. The number of H-pyrrole nitrogens is 1. The summed E-state index contributed by atoms with van der Waals surface area (Å²) in [5.41, 5.74) is 2.47. The minimum absolute atomic E-state index is 0.218. The van der Waals surface area contributed by atoms with Gasteiger partial charge in [-0.05, 0) is 50.0 Å². The van der Waals surface area contributed by atoms with Gasteiger partial charge in [0, 0.05) is 17.3 Å². The van der Waals surface area contributed by atoms with Gasteiger partial charge in [-0.2, -0.15) is 0 Å². The van der Waals surface area contributed by atoms with E-state index in [0.717, 1.165) is 12.2 Å². The van der Waals surface area contributed by atoms with E-state index in [2.05, 4.69) is 20.2 Å². The molecule has 0 fully saturated rings. The van der Waals surface area contributed by atoms with E-state index >= 15 is 0 Å². The average Bonchev–Trinajstić information content (AvgIpc) is 2.50. The van der Waals surface area contributed by atoms with E-state index in [-0.39, 0.29) is 5.56 Å². The van der Waals surface area contributed by atoms with Crippen molar-refractivity contribution in [3.63, 3.8) is 0 Å². The lowest BCUT2D eigenvalue weighted by Gasteiger charge is -2.11. The highest BCUT2D eigenvalue weighted by molar-refractivity contribution is 6.31. The molecule has 0 unspecified atom stereocenters. The van der Waals surface area contributed by atoms with Gasteiger partial charge < -0.3 is 10.2 Å². The number of halogens is 1.